The highest BCUT2D eigenvalue weighted by atomic mass is 16.2. The van der Waals surface area contributed by atoms with Gasteiger partial charge in [0.1, 0.15) is 12.6 Å². The quantitative estimate of drug-likeness (QED) is 0.807. The third kappa shape index (κ3) is 3.41. The van der Waals surface area contributed by atoms with Crippen LogP contribution in [-0.2, 0) is 16.1 Å². The Bertz CT molecular complexity index is 539. The monoisotopic (exact) mass is 293 g/mol. The van der Waals surface area contributed by atoms with Crippen molar-refractivity contribution in [2.24, 2.45) is 0 Å². The summed E-state index contributed by atoms with van der Waals surface area (Å²) in [5, 5.41) is 6.96. The molecule has 0 saturated carbocycles. The number of hydrogen-bond donors (Lipinski definition) is 1. The average molecular weight is 293 g/mol. The van der Waals surface area contributed by atoms with Crippen molar-refractivity contribution in [3.8, 4) is 0 Å². The molecule has 0 spiro atoms. The number of carbonyl (C=O) groups excluding carboxylic acids is 2. The molecule has 1 aliphatic rings. The van der Waals surface area contributed by atoms with Gasteiger partial charge in [-0.1, -0.05) is 0 Å². The van der Waals surface area contributed by atoms with Crippen LogP contribution in [0.1, 0.15) is 11.4 Å². The highest BCUT2D eigenvalue weighted by Gasteiger charge is 2.31. The minimum absolute atomic E-state index is 0.00297. The lowest BCUT2D eigenvalue weighted by Crippen LogP contribution is -2.58. The number of nitrogens with one attached hydrogen (secondary N) is 1. The molecule has 7 heteroatoms. The van der Waals surface area contributed by atoms with E-state index in [-0.39, 0.29) is 24.4 Å². The number of aromatic nitrogens is 2. The number of piperazine rings is 1. The number of likely N-dealkylation sites (N-methyl/N-ethyl adjacent to an activating group) is 2. The predicted octanol–water partition coefficient (Wildman–Crippen LogP) is -0.611. The molecule has 1 aliphatic heterocycles. The zero-order valence-electron chi connectivity index (χ0n) is 13.1. The molecule has 21 heavy (non-hydrogen) atoms. The third-order valence-electron chi connectivity index (χ3n) is 3.94. The van der Waals surface area contributed by atoms with Gasteiger partial charge in [0.2, 0.25) is 11.8 Å². The highest BCUT2D eigenvalue weighted by molar-refractivity contribution is 5.83. The summed E-state index contributed by atoms with van der Waals surface area (Å²) in [6, 6.07) is 1.66. The van der Waals surface area contributed by atoms with E-state index >= 15 is 0 Å². The van der Waals surface area contributed by atoms with Gasteiger partial charge in [-0.3, -0.25) is 19.2 Å². The van der Waals surface area contributed by atoms with Crippen LogP contribution in [0.2, 0.25) is 0 Å². The Labute approximate surface area is 124 Å². The normalized spacial score (nSPS) is 19.6. The maximum atomic E-state index is 12.4. The Balaban J connectivity index is 2.02. The molecule has 2 heterocycles. The second kappa shape index (κ2) is 6.26. The lowest BCUT2D eigenvalue weighted by molar-refractivity contribution is -0.138. The van der Waals surface area contributed by atoms with Crippen molar-refractivity contribution in [1.82, 2.24) is 24.9 Å². The maximum Gasteiger partial charge on any atom is 0.244 e. The van der Waals surface area contributed by atoms with E-state index in [1.807, 2.05) is 31.9 Å². The van der Waals surface area contributed by atoms with Gasteiger partial charge < -0.3 is 10.2 Å². The molecule has 0 bridgehead atoms. The molecule has 1 saturated heterocycles. The summed E-state index contributed by atoms with van der Waals surface area (Å²) in [5.74, 6) is -0.0516. The van der Waals surface area contributed by atoms with Crippen LogP contribution in [0.5, 0.6) is 0 Å². The fourth-order valence-electron chi connectivity index (χ4n) is 2.61. The molecule has 0 unspecified atom stereocenters. The van der Waals surface area contributed by atoms with Crippen molar-refractivity contribution >= 4 is 11.8 Å². The molecular formula is C14H23N5O2. The van der Waals surface area contributed by atoms with Gasteiger partial charge in [0, 0.05) is 32.4 Å². The van der Waals surface area contributed by atoms with Crippen LogP contribution in [0.4, 0.5) is 0 Å². The molecule has 1 N–H and O–H groups in total. The lowest BCUT2D eigenvalue weighted by atomic mass is 10.1. The zero-order chi connectivity index (χ0) is 15.6. The number of rotatable bonds is 3. The summed E-state index contributed by atoms with van der Waals surface area (Å²) < 4.78 is 1.71. The fourth-order valence-corrected chi connectivity index (χ4v) is 2.61. The van der Waals surface area contributed by atoms with E-state index in [9.17, 15) is 9.59 Å². The molecule has 1 atom stereocenters. The molecular weight excluding hydrogens is 270 g/mol. The number of nitrogens with zero attached hydrogens (tertiary/aromatic N) is 4. The first-order valence-corrected chi connectivity index (χ1v) is 7.13. The predicted molar refractivity (Wildman–Crippen MR) is 78.8 cm³/mol. The van der Waals surface area contributed by atoms with E-state index in [0.29, 0.717) is 19.6 Å². The molecule has 0 aromatic carbocycles. The Morgan fingerprint density at radius 1 is 1.38 bits per heavy atom. The molecule has 7 nitrogen and oxygen atoms in total. The number of aryl methyl sites for hydroxylation is 2. The Kier molecular flexibility index (Phi) is 4.62. The lowest BCUT2D eigenvalue weighted by Gasteiger charge is -2.38. The molecule has 0 radical (unpaired) electrons. The SMILES string of the molecule is CNC(=O)[C@@H]1CN(C(=O)Cn2nc(C)cc2C)CCN1C. The van der Waals surface area contributed by atoms with Crippen molar-refractivity contribution in [3.63, 3.8) is 0 Å². The number of hydrogen-bond acceptors (Lipinski definition) is 4. The molecule has 2 rings (SSSR count). The van der Waals surface area contributed by atoms with Gasteiger partial charge in [0.15, 0.2) is 0 Å². The van der Waals surface area contributed by atoms with Crippen LogP contribution in [0, 0.1) is 13.8 Å². The van der Waals surface area contributed by atoms with Crippen molar-refractivity contribution < 1.29 is 9.59 Å². The summed E-state index contributed by atoms with van der Waals surface area (Å²) in [5.41, 5.74) is 1.87. The molecule has 0 aliphatic carbocycles. The Hall–Kier alpha value is -1.89. The van der Waals surface area contributed by atoms with E-state index in [1.165, 1.54) is 0 Å². The Morgan fingerprint density at radius 2 is 2.10 bits per heavy atom. The molecule has 116 valence electrons. The van der Waals surface area contributed by atoms with E-state index in [4.69, 9.17) is 0 Å². The van der Waals surface area contributed by atoms with Crippen molar-refractivity contribution in [2.45, 2.75) is 26.4 Å². The summed E-state index contributed by atoms with van der Waals surface area (Å²) in [7, 11) is 3.52. The van der Waals surface area contributed by atoms with E-state index in [2.05, 4.69) is 10.4 Å². The van der Waals surface area contributed by atoms with Crippen LogP contribution < -0.4 is 5.32 Å². The van der Waals surface area contributed by atoms with E-state index < -0.39 is 0 Å². The summed E-state index contributed by atoms with van der Waals surface area (Å²) in [4.78, 5) is 28.0. The van der Waals surface area contributed by atoms with Gasteiger partial charge in [-0.15, -0.1) is 0 Å². The minimum atomic E-state index is -0.284. The van der Waals surface area contributed by atoms with Gasteiger partial charge in [0.05, 0.1) is 5.69 Å². The average Bonchev–Trinajstić information content (AvgIpc) is 2.76. The van der Waals surface area contributed by atoms with Crippen LogP contribution in [0.25, 0.3) is 0 Å². The first-order chi connectivity index (χ1) is 9.92. The van der Waals surface area contributed by atoms with Crippen LogP contribution in [-0.4, -0.2) is 71.2 Å². The minimum Gasteiger partial charge on any atom is -0.358 e. The standard InChI is InChI=1S/C14H23N5O2/c1-10-7-11(2)19(16-10)9-13(20)18-6-5-17(4)12(8-18)14(21)15-3/h7,12H,5-6,8-9H2,1-4H3,(H,15,21)/t12-/m0/s1. The molecule has 2 amide bonds. The van der Waals surface area contributed by atoms with Crippen molar-refractivity contribution in [3.05, 3.63) is 17.5 Å². The second-order valence-electron chi connectivity index (χ2n) is 5.54. The van der Waals surface area contributed by atoms with Gasteiger partial charge in [-0.2, -0.15) is 5.10 Å². The van der Waals surface area contributed by atoms with Crippen molar-refractivity contribution in [2.75, 3.05) is 33.7 Å². The Morgan fingerprint density at radius 3 is 2.67 bits per heavy atom. The van der Waals surface area contributed by atoms with E-state index in [1.54, 1.807) is 16.6 Å². The highest BCUT2D eigenvalue weighted by Crippen LogP contribution is 2.10. The number of amides is 2. The van der Waals surface area contributed by atoms with Gasteiger partial charge in [0.25, 0.3) is 0 Å². The molecule has 1 aromatic heterocycles. The summed E-state index contributed by atoms with van der Waals surface area (Å²) in [6.45, 7) is 5.83. The number of carbonyl (C=O) groups is 2. The van der Waals surface area contributed by atoms with Crippen LogP contribution in [0.3, 0.4) is 0 Å². The molecule has 1 aromatic rings. The van der Waals surface area contributed by atoms with Gasteiger partial charge in [-0.05, 0) is 27.0 Å². The van der Waals surface area contributed by atoms with Gasteiger partial charge >= 0.3 is 0 Å². The second-order valence-corrected chi connectivity index (χ2v) is 5.54. The smallest absolute Gasteiger partial charge is 0.244 e. The summed E-state index contributed by atoms with van der Waals surface area (Å²) in [6.07, 6.45) is 0. The third-order valence-corrected chi connectivity index (χ3v) is 3.94. The van der Waals surface area contributed by atoms with Crippen LogP contribution >= 0.6 is 0 Å². The first-order valence-electron chi connectivity index (χ1n) is 7.13. The first kappa shape index (κ1) is 15.5. The fraction of sp³-hybridized carbons (Fsp3) is 0.643. The molecule has 1 fully saturated rings. The van der Waals surface area contributed by atoms with E-state index in [0.717, 1.165) is 11.4 Å². The maximum absolute atomic E-state index is 12.4. The van der Waals surface area contributed by atoms with Gasteiger partial charge in [-0.25, -0.2) is 0 Å². The zero-order valence-corrected chi connectivity index (χ0v) is 13.1. The largest absolute Gasteiger partial charge is 0.358 e. The van der Waals surface area contributed by atoms with Crippen LogP contribution in [0.15, 0.2) is 6.07 Å². The topological polar surface area (TPSA) is 70.5 Å². The van der Waals surface area contributed by atoms with Crippen molar-refractivity contribution in [1.29, 1.82) is 0 Å². The summed E-state index contributed by atoms with van der Waals surface area (Å²) >= 11 is 0.